The van der Waals surface area contributed by atoms with Crippen molar-refractivity contribution < 1.29 is 22.6 Å². The standard InChI is InChI=1S/C11H12N2O5S/c14-10(13-8-6-12-11(8)15)5-7-3-1-2-4-9(7)19(16,17)18/h1-4,8H,5-6H2,(H,12,15)(H,13,14)(H,16,17,18). The lowest BCUT2D eigenvalue weighted by Gasteiger charge is -2.26. The third-order valence-corrected chi connectivity index (χ3v) is 3.69. The second kappa shape index (κ2) is 4.98. The predicted octanol–water partition coefficient (Wildman–Crippen LogP) is -0.910. The van der Waals surface area contributed by atoms with Gasteiger partial charge in [0.2, 0.25) is 11.8 Å². The van der Waals surface area contributed by atoms with Crippen molar-refractivity contribution in [3.63, 3.8) is 0 Å². The SMILES string of the molecule is O=C(Cc1ccccc1S(=O)(=O)O)NC1CNC1=O. The first-order valence-corrected chi connectivity index (χ1v) is 6.94. The fourth-order valence-electron chi connectivity index (χ4n) is 1.72. The van der Waals surface area contributed by atoms with Gasteiger partial charge in [-0.3, -0.25) is 14.1 Å². The van der Waals surface area contributed by atoms with Gasteiger partial charge in [0.1, 0.15) is 6.04 Å². The molecule has 19 heavy (non-hydrogen) atoms. The number of benzene rings is 1. The minimum Gasteiger partial charge on any atom is -0.352 e. The summed E-state index contributed by atoms with van der Waals surface area (Å²) < 4.78 is 31.3. The molecular weight excluding hydrogens is 272 g/mol. The van der Waals surface area contributed by atoms with Gasteiger partial charge in [-0.2, -0.15) is 8.42 Å². The second-order valence-corrected chi connectivity index (χ2v) is 5.51. The lowest BCUT2D eigenvalue weighted by atomic mass is 10.1. The Kier molecular flexibility index (Phi) is 3.54. The minimum atomic E-state index is -4.37. The summed E-state index contributed by atoms with van der Waals surface area (Å²) in [6.07, 6.45) is -0.222. The van der Waals surface area contributed by atoms with E-state index >= 15 is 0 Å². The molecule has 0 aromatic heterocycles. The van der Waals surface area contributed by atoms with Crippen molar-refractivity contribution in [3.8, 4) is 0 Å². The molecule has 2 rings (SSSR count). The van der Waals surface area contributed by atoms with Crippen LogP contribution in [-0.2, 0) is 26.1 Å². The number of carbonyl (C=O) groups is 2. The summed E-state index contributed by atoms with van der Waals surface area (Å²) in [4.78, 5) is 22.4. The molecule has 0 aliphatic carbocycles. The lowest BCUT2D eigenvalue weighted by Crippen LogP contribution is -2.61. The zero-order chi connectivity index (χ0) is 14.0. The molecule has 8 heteroatoms. The van der Waals surface area contributed by atoms with Crippen molar-refractivity contribution in [2.75, 3.05) is 6.54 Å². The van der Waals surface area contributed by atoms with Crippen LogP contribution in [0.4, 0.5) is 0 Å². The zero-order valence-electron chi connectivity index (χ0n) is 9.79. The van der Waals surface area contributed by atoms with Gasteiger partial charge in [0.15, 0.2) is 0 Å². The Bertz CT molecular complexity index is 626. The minimum absolute atomic E-state index is 0.183. The molecule has 1 unspecified atom stereocenters. The lowest BCUT2D eigenvalue weighted by molar-refractivity contribution is -0.133. The summed E-state index contributed by atoms with van der Waals surface area (Å²) >= 11 is 0. The first-order valence-electron chi connectivity index (χ1n) is 5.50. The fourth-order valence-corrected chi connectivity index (χ4v) is 2.45. The molecular formula is C11H12N2O5S. The van der Waals surface area contributed by atoms with Crippen LogP contribution in [0.5, 0.6) is 0 Å². The number of carbonyl (C=O) groups excluding carboxylic acids is 2. The van der Waals surface area contributed by atoms with Gasteiger partial charge in [0.25, 0.3) is 10.1 Å². The molecule has 2 amide bonds. The van der Waals surface area contributed by atoms with E-state index in [-0.39, 0.29) is 22.8 Å². The van der Waals surface area contributed by atoms with Gasteiger partial charge >= 0.3 is 0 Å². The maximum Gasteiger partial charge on any atom is 0.294 e. The molecule has 1 aromatic carbocycles. The van der Waals surface area contributed by atoms with E-state index in [1.54, 1.807) is 6.07 Å². The molecule has 3 N–H and O–H groups in total. The van der Waals surface area contributed by atoms with E-state index in [0.717, 1.165) is 0 Å². The number of rotatable bonds is 4. The topological polar surface area (TPSA) is 113 Å². The highest BCUT2D eigenvalue weighted by molar-refractivity contribution is 7.85. The number of hydrogen-bond acceptors (Lipinski definition) is 4. The van der Waals surface area contributed by atoms with Gasteiger partial charge in [-0.05, 0) is 11.6 Å². The van der Waals surface area contributed by atoms with E-state index in [1.807, 2.05) is 0 Å². The van der Waals surface area contributed by atoms with Crippen molar-refractivity contribution in [1.29, 1.82) is 0 Å². The molecule has 0 bridgehead atoms. The van der Waals surface area contributed by atoms with Crippen molar-refractivity contribution in [2.45, 2.75) is 17.4 Å². The molecule has 1 fully saturated rings. The van der Waals surface area contributed by atoms with E-state index in [4.69, 9.17) is 4.55 Å². The first-order chi connectivity index (χ1) is 8.88. The van der Waals surface area contributed by atoms with Crippen LogP contribution in [0.25, 0.3) is 0 Å². The van der Waals surface area contributed by atoms with Crippen LogP contribution in [0.2, 0.25) is 0 Å². The molecule has 1 aromatic rings. The van der Waals surface area contributed by atoms with E-state index in [9.17, 15) is 18.0 Å². The van der Waals surface area contributed by atoms with Crippen LogP contribution in [0, 0.1) is 0 Å². The zero-order valence-corrected chi connectivity index (χ0v) is 10.6. The highest BCUT2D eigenvalue weighted by Crippen LogP contribution is 2.15. The number of hydrogen-bond donors (Lipinski definition) is 3. The Morgan fingerprint density at radius 1 is 1.42 bits per heavy atom. The largest absolute Gasteiger partial charge is 0.352 e. The van der Waals surface area contributed by atoms with Gasteiger partial charge in [0, 0.05) is 6.54 Å². The Morgan fingerprint density at radius 2 is 2.11 bits per heavy atom. The molecule has 1 saturated heterocycles. The van der Waals surface area contributed by atoms with Crippen molar-refractivity contribution in [2.24, 2.45) is 0 Å². The van der Waals surface area contributed by atoms with Crippen molar-refractivity contribution in [1.82, 2.24) is 10.6 Å². The molecule has 1 heterocycles. The summed E-state index contributed by atoms with van der Waals surface area (Å²) in [7, 11) is -4.37. The first kappa shape index (κ1) is 13.5. The Labute approximate surface area is 109 Å². The Morgan fingerprint density at radius 3 is 2.63 bits per heavy atom. The summed E-state index contributed by atoms with van der Waals surface area (Å²) in [5, 5.41) is 4.94. The molecule has 0 saturated carbocycles. The number of β-lactam (4-membered cyclic amide) rings is 1. The van der Waals surface area contributed by atoms with Crippen LogP contribution in [-0.4, -0.2) is 37.4 Å². The number of nitrogens with one attached hydrogen (secondary N) is 2. The molecule has 1 aliphatic heterocycles. The molecule has 102 valence electrons. The monoisotopic (exact) mass is 284 g/mol. The van der Waals surface area contributed by atoms with E-state index in [0.29, 0.717) is 6.54 Å². The second-order valence-electron chi connectivity index (χ2n) is 4.12. The Hall–Kier alpha value is -1.93. The average molecular weight is 284 g/mol. The Balaban J connectivity index is 2.11. The maximum atomic E-state index is 11.7. The summed E-state index contributed by atoms with van der Waals surface area (Å²) in [5.41, 5.74) is 0.183. The van der Waals surface area contributed by atoms with Gasteiger partial charge in [-0.1, -0.05) is 18.2 Å². The molecule has 0 radical (unpaired) electrons. The average Bonchev–Trinajstić information content (AvgIpc) is 2.33. The molecule has 1 aliphatic rings. The van der Waals surface area contributed by atoms with Crippen molar-refractivity contribution in [3.05, 3.63) is 29.8 Å². The smallest absolute Gasteiger partial charge is 0.294 e. The van der Waals surface area contributed by atoms with E-state index < -0.39 is 22.1 Å². The fraction of sp³-hybridized carbons (Fsp3) is 0.273. The normalized spacial score (nSPS) is 18.4. The van der Waals surface area contributed by atoms with Crippen molar-refractivity contribution >= 4 is 21.9 Å². The maximum absolute atomic E-state index is 11.7. The molecule has 7 nitrogen and oxygen atoms in total. The van der Waals surface area contributed by atoms with Gasteiger partial charge < -0.3 is 10.6 Å². The van der Waals surface area contributed by atoms with E-state index in [1.165, 1.54) is 18.2 Å². The van der Waals surface area contributed by atoms with Gasteiger partial charge in [-0.15, -0.1) is 0 Å². The number of amides is 2. The summed E-state index contributed by atoms with van der Waals surface area (Å²) in [5.74, 6) is -0.743. The quantitative estimate of drug-likeness (QED) is 0.489. The molecule has 1 atom stereocenters. The van der Waals surface area contributed by atoms with Gasteiger partial charge in [-0.25, -0.2) is 0 Å². The van der Waals surface area contributed by atoms with Crippen LogP contribution in [0.15, 0.2) is 29.2 Å². The molecule has 0 spiro atoms. The van der Waals surface area contributed by atoms with Crippen LogP contribution < -0.4 is 10.6 Å². The third-order valence-electron chi connectivity index (χ3n) is 2.73. The third kappa shape index (κ3) is 3.09. The summed E-state index contributed by atoms with van der Waals surface area (Å²) in [6, 6.07) is 5.10. The summed E-state index contributed by atoms with van der Waals surface area (Å²) in [6.45, 7) is 0.366. The van der Waals surface area contributed by atoms with E-state index in [2.05, 4.69) is 10.6 Å². The van der Waals surface area contributed by atoms with Crippen LogP contribution >= 0.6 is 0 Å². The van der Waals surface area contributed by atoms with Crippen LogP contribution in [0.3, 0.4) is 0 Å². The van der Waals surface area contributed by atoms with Gasteiger partial charge in [0.05, 0.1) is 11.3 Å². The highest BCUT2D eigenvalue weighted by atomic mass is 32.2. The van der Waals surface area contributed by atoms with Crippen LogP contribution in [0.1, 0.15) is 5.56 Å². The highest BCUT2D eigenvalue weighted by Gasteiger charge is 2.29. The predicted molar refractivity (Wildman–Crippen MR) is 64.9 cm³/mol.